The predicted octanol–water partition coefficient (Wildman–Crippen LogP) is 2.69. The van der Waals surface area contributed by atoms with Crippen LogP contribution >= 0.6 is 15.9 Å². The number of para-hydroxylation sites is 1. The van der Waals surface area contributed by atoms with E-state index in [2.05, 4.69) is 28.2 Å². The van der Waals surface area contributed by atoms with Crippen LogP contribution in [0, 0.1) is 0 Å². The number of nitrogens with one attached hydrogen (secondary N) is 1. The molecule has 0 aromatic heterocycles. The minimum absolute atomic E-state index is 0.0154. The van der Waals surface area contributed by atoms with Gasteiger partial charge >= 0.3 is 0 Å². The molecule has 16 heavy (non-hydrogen) atoms. The highest BCUT2D eigenvalue weighted by Gasteiger charge is 2.11. The quantitative estimate of drug-likeness (QED) is 0.818. The lowest BCUT2D eigenvalue weighted by Gasteiger charge is -2.10. The molecule has 0 saturated carbocycles. The van der Waals surface area contributed by atoms with Crippen LogP contribution in [0.2, 0.25) is 0 Å². The lowest BCUT2D eigenvalue weighted by atomic mass is 10.2. The first-order valence-electron chi connectivity index (χ1n) is 5.35. The van der Waals surface area contributed by atoms with Crippen LogP contribution in [0.15, 0.2) is 24.3 Å². The summed E-state index contributed by atoms with van der Waals surface area (Å²) in [6, 6.07) is 6.53. The van der Waals surface area contributed by atoms with Gasteiger partial charge in [0.2, 0.25) is 0 Å². The third kappa shape index (κ3) is 3.85. The van der Waals surface area contributed by atoms with Crippen molar-refractivity contribution in [1.82, 2.24) is 5.32 Å². The second kappa shape index (κ2) is 6.53. The van der Waals surface area contributed by atoms with Crippen LogP contribution in [-0.2, 0) is 0 Å². The lowest BCUT2D eigenvalue weighted by molar-refractivity contribution is 0.0951. The highest BCUT2D eigenvalue weighted by atomic mass is 79.9. The summed E-state index contributed by atoms with van der Waals surface area (Å²) in [6.45, 7) is 2.67. The van der Waals surface area contributed by atoms with E-state index in [-0.39, 0.29) is 16.5 Å². The topological polar surface area (TPSA) is 49.3 Å². The maximum atomic E-state index is 11.7. The zero-order valence-electron chi connectivity index (χ0n) is 9.24. The second-order valence-corrected chi connectivity index (χ2v) is 4.91. The lowest BCUT2D eigenvalue weighted by Crippen LogP contribution is -2.29. The monoisotopic (exact) mass is 285 g/mol. The minimum Gasteiger partial charge on any atom is -0.507 e. The summed E-state index contributed by atoms with van der Waals surface area (Å²) in [5.41, 5.74) is 0.318. The largest absolute Gasteiger partial charge is 0.507 e. The van der Waals surface area contributed by atoms with Crippen LogP contribution in [0.25, 0.3) is 0 Å². The molecule has 1 aromatic rings. The number of hydrogen-bond donors (Lipinski definition) is 2. The Labute approximate surface area is 104 Å². The molecule has 0 heterocycles. The highest BCUT2D eigenvalue weighted by molar-refractivity contribution is 9.09. The van der Waals surface area contributed by atoms with E-state index in [1.54, 1.807) is 18.2 Å². The Kier molecular flexibility index (Phi) is 5.32. The number of phenolic OH excluding ortho intramolecular Hbond substituents is 1. The Morgan fingerprint density at radius 1 is 1.50 bits per heavy atom. The maximum Gasteiger partial charge on any atom is 0.255 e. The predicted molar refractivity (Wildman–Crippen MR) is 68.1 cm³/mol. The zero-order valence-corrected chi connectivity index (χ0v) is 10.8. The summed E-state index contributed by atoms with van der Waals surface area (Å²) >= 11 is 3.48. The summed E-state index contributed by atoms with van der Waals surface area (Å²) in [5.74, 6) is -0.222. The van der Waals surface area contributed by atoms with Crippen LogP contribution in [0.1, 0.15) is 30.1 Å². The first-order chi connectivity index (χ1) is 7.65. The fourth-order valence-electron chi connectivity index (χ4n) is 1.38. The molecule has 0 aliphatic rings. The van der Waals surface area contributed by atoms with Gasteiger partial charge in [-0.2, -0.15) is 0 Å². The van der Waals surface area contributed by atoms with Crippen molar-refractivity contribution in [3.63, 3.8) is 0 Å². The number of carbonyl (C=O) groups is 1. The normalized spacial score (nSPS) is 12.1. The summed E-state index contributed by atoms with van der Waals surface area (Å²) in [6.07, 6.45) is 2.09. The van der Waals surface area contributed by atoms with E-state index in [0.29, 0.717) is 12.1 Å². The number of carbonyl (C=O) groups excluding carboxylic acids is 1. The van der Waals surface area contributed by atoms with Gasteiger partial charge in [0.05, 0.1) is 5.56 Å². The average Bonchev–Trinajstić information content (AvgIpc) is 2.27. The summed E-state index contributed by atoms with van der Waals surface area (Å²) in [5, 5.41) is 12.3. The number of benzene rings is 1. The molecule has 1 amide bonds. The molecule has 1 unspecified atom stereocenters. The van der Waals surface area contributed by atoms with E-state index in [0.717, 1.165) is 12.8 Å². The summed E-state index contributed by atoms with van der Waals surface area (Å²) in [4.78, 5) is 12.0. The third-order valence-corrected chi connectivity index (χ3v) is 3.02. The van der Waals surface area contributed by atoms with Crippen molar-refractivity contribution >= 4 is 21.8 Å². The number of rotatable bonds is 5. The number of aromatic hydroxyl groups is 1. The second-order valence-electron chi connectivity index (χ2n) is 3.61. The Hall–Kier alpha value is -1.03. The Morgan fingerprint density at radius 2 is 2.19 bits per heavy atom. The standard InChI is InChI=1S/C12H16BrNO2/c1-2-5-9(13)8-14-12(16)10-6-3-4-7-11(10)15/h3-4,6-7,9,15H,2,5,8H2,1H3,(H,14,16). The molecule has 1 atom stereocenters. The van der Waals surface area contributed by atoms with Gasteiger partial charge in [-0.1, -0.05) is 41.4 Å². The van der Waals surface area contributed by atoms with Gasteiger partial charge in [0, 0.05) is 11.4 Å². The van der Waals surface area contributed by atoms with Gasteiger partial charge in [-0.05, 0) is 18.6 Å². The van der Waals surface area contributed by atoms with Gasteiger partial charge in [0.25, 0.3) is 5.91 Å². The van der Waals surface area contributed by atoms with Crippen molar-refractivity contribution in [2.45, 2.75) is 24.6 Å². The van der Waals surface area contributed by atoms with Crippen molar-refractivity contribution in [2.75, 3.05) is 6.54 Å². The van der Waals surface area contributed by atoms with Crippen LogP contribution < -0.4 is 5.32 Å². The minimum atomic E-state index is -0.237. The average molecular weight is 286 g/mol. The van der Waals surface area contributed by atoms with Crippen molar-refractivity contribution in [2.24, 2.45) is 0 Å². The Bertz CT molecular complexity index is 355. The zero-order chi connectivity index (χ0) is 12.0. The maximum absolute atomic E-state index is 11.7. The van der Waals surface area contributed by atoms with Gasteiger partial charge in [-0.15, -0.1) is 0 Å². The molecule has 0 aliphatic carbocycles. The van der Waals surface area contributed by atoms with Crippen LogP contribution in [0.3, 0.4) is 0 Å². The molecule has 0 bridgehead atoms. The number of amides is 1. The molecule has 88 valence electrons. The highest BCUT2D eigenvalue weighted by Crippen LogP contribution is 2.15. The van der Waals surface area contributed by atoms with Gasteiger partial charge < -0.3 is 10.4 Å². The van der Waals surface area contributed by atoms with Crippen molar-refractivity contribution < 1.29 is 9.90 Å². The first-order valence-corrected chi connectivity index (χ1v) is 6.27. The fourth-order valence-corrected chi connectivity index (χ4v) is 2.00. The molecular weight excluding hydrogens is 270 g/mol. The van der Waals surface area contributed by atoms with Crippen molar-refractivity contribution in [3.05, 3.63) is 29.8 Å². The van der Waals surface area contributed by atoms with Gasteiger partial charge in [-0.25, -0.2) is 0 Å². The molecule has 0 aliphatic heterocycles. The molecule has 0 radical (unpaired) electrons. The van der Waals surface area contributed by atoms with Gasteiger partial charge in [0.15, 0.2) is 0 Å². The molecular formula is C12H16BrNO2. The molecule has 3 nitrogen and oxygen atoms in total. The van der Waals surface area contributed by atoms with Crippen molar-refractivity contribution in [1.29, 1.82) is 0 Å². The van der Waals surface area contributed by atoms with Crippen LogP contribution in [-0.4, -0.2) is 22.4 Å². The van der Waals surface area contributed by atoms with Crippen LogP contribution in [0.5, 0.6) is 5.75 Å². The number of halogens is 1. The number of hydrogen-bond acceptors (Lipinski definition) is 2. The number of alkyl halides is 1. The smallest absolute Gasteiger partial charge is 0.255 e. The van der Waals surface area contributed by atoms with E-state index < -0.39 is 0 Å². The Morgan fingerprint density at radius 3 is 2.81 bits per heavy atom. The molecule has 1 rings (SSSR count). The molecule has 1 aromatic carbocycles. The number of phenols is 1. The van der Waals surface area contributed by atoms with E-state index in [1.165, 1.54) is 6.07 Å². The van der Waals surface area contributed by atoms with E-state index in [1.807, 2.05) is 0 Å². The van der Waals surface area contributed by atoms with E-state index >= 15 is 0 Å². The van der Waals surface area contributed by atoms with E-state index in [9.17, 15) is 9.90 Å². The molecule has 4 heteroatoms. The summed E-state index contributed by atoms with van der Waals surface area (Å²) in [7, 11) is 0. The Balaban J connectivity index is 2.50. The fraction of sp³-hybridized carbons (Fsp3) is 0.417. The first kappa shape index (κ1) is 13.0. The van der Waals surface area contributed by atoms with Crippen molar-refractivity contribution in [3.8, 4) is 5.75 Å². The van der Waals surface area contributed by atoms with Gasteiger partial charge in [0.1, 0.15) is 5.75 Å². The molecule has 0 fully saturated rings. The molecule has 0 saturated heterocycles. The molecule has 2 N–H and O–H groups in total. The van der Waals surface area contributed by atoms with E-state index in [4.69, 9.17) is 0 Å². The summed E-state index contributed by atoms with van der Waals surface area (Å²) < 4.78 is 0. The van der Waals surface area contributed by atoms with Gasteiger partial charge in [-0.3, -0.25) is 4.79 Å². The molecule has 0 spiro atoms. The third-order valence-electron chi connectivity index (χ3n) is 2.23. The SMILES string of the molecule is CCCC(Br)CNC(=O)c1ccccc1O. The van der Waals surface area contributed by atoms with Crippen LogP contribution in [0.4, 0.5) is 0 Å².